The van der Waals surface area contributed by atoms with Gasteiger partial charge in [0.25, 0.3) is 0 Å². The van der Waals surface area contributed by atoms with Crippen molar-refractivity contribution >= 4 is 5.91 Å². The van der Waals surface area contributed by atoms with Crippen LogP contribution in [0.1, 0.15) is 31.7 Å². The maximum Gasteiger partial charge on any atom is 0.220 e. The fraction of sp³-hybridized carbons (Fsp3) is 0.462. The normalized spacial score (nSPS) is 19.9. The molecule has 2 rings (SSSR count). The van der Waals surface area contributed by atoms with Crippen LogP contribution in [0.2, 0.25) is 0 Å². The van der Waals surface area contributed by atoms with Crippen LogP contribution in [0.15, 0.2) is 24.3 Å². The van der Waals surface area contributed by atoms with E-state index in [0.29, 0.717) is 12.3 Å². The molecule has 1 aliphatic rings. The van der Waals surface area contributed by atoms with Gasteiger partial charge in [0.05, 0.1) is 6.10 Å². The van der Waals surface area contributed by atoms with Gasteiger partial charge in [-0.15, -0.1) is 0 Å². The second kappa shape index (κ2) is 4.56. The predicted molar refractivity (Wildman–Crippen MR) is 62.6 cm³/mol. The van der Waals surface area contributed by atoms with Crippen molar-refractivity contribution in [2.45, 2.75) is 32.3 Å². The van der Waals surface area contributed by atoms with E-state index >= 15 is 0 Å². The molecule has 3 nitrogen and oxygen atoms in total. The molecule has 0 spiro atoms. The Labute approximate surface area is 95.8 Å². The summed E-state index contributed by atoms with van der Waals surface area (Å²) in [7, 11) is 0. The lowest BCUT2D eigenvalue weighted by Crippen LogP contribution is -2.13. The van der Waals surface area contributed by atoms with Crippen molar-refractivity contribution in [2.24, 2.45) is 0 Å². The van der Waals surface area contributed by atoms with Gasteiger partial charge in [-0.3, -0.25) is 4.79 Å². The van der Waals surface area contributed by atoms with E-state index in [9.17, 15) is 4.79 Å². The summed E-state index contributed by atoms with van der Waals surface area (Å²) in [6, 6.07) is 8.03. The van der Waals surface area contributed by atoms with Gasteiger partial charge < -0.3 is 10.1 Å². The fourth-order valence-corrected chi connectivity index (χ4v) is 1.93. The van der Waals surface area contributed by atoms with Crippen LogP contribution >= 0.6 is 0 Å². The van der Waals surface area contributed by atoms with Crippen LogP contribution in [0.5, 0.6) is 5.75 Å². The summed E-state index contributed by atoms with van der Waals surface area (Å²) >= 11 is 0. The van der Waals surface area contributed by atoms with Gasteiger partial charge >= 0.3 is 0 Å². The Kier molecular flexibility index (Phi) is 3.13. The summed E-state index contributed by atoms with van der Waals surface area (Å²) in [5.41, 5.74) is 1.20. The van der Waals surface area contributed by atoms with E-state index in [0.717, 1.165) is 12.3 Å². The first-order chi connectivity index (χ1) is 7.65. The Morgan fingerprint density at radius 2 is 2.00 bits per heavy atom. The van der Waals surface area contributed by atoms with Crippen molar-refractivity contribution in [3.05, 3.63) is 29.8 Å². The van der Waals surface area contributed by atoms with Crippen LogP contribution < -0.4 is 10.1 Å². The van der Waals surface area contributed by atoms with Gasteiger partial charge in [-0.25, -0.2) is 0 Å². The van der Waals surface area contributed by atoms with E-state index < -0.39 is 0 Å². The maximum atomic E-state index is 11.1. The monoisotopic (exact) mass is 219 g/mol. The van der Waals surface area contributed by atoms with Gasteiger partial charge in [-0.1, -0.05) is 12.1 Å². The maximum absolute atomic E-state index is 11.1. The van der Waals surface area contributed by atoms with Gasteiger partial charge in [0, 0.05) is 18.9 Å². The number of carbonyl (C=O) groups is 1. The molecule has 1 aromatic rings. The molecule has 1 N–H and O–H groups in total. The third kappa shape index (κ3) is 2.54. The number of nitrogens with one attached hydrogen (secondary N) is 1. The summed E-state index contributed by atoms with van der Waals surface area (Å²) in [6.45, 7) is 4.77. The molecule has 1 saturated heterocycles. The first kappa shape index (κ1) is 11.0. The van der Waals surface area contributed by atoms with Gasteiger partial charge in [0.1, 0.15) is 5.75 Å². The molecule has 0 unspecified atom stereocenters. The third-order valence-corrected chi connectivity index (χ3v) is 2.70. The van der Waals surface area contributed by atoms with E-state index in [1.807, 2.05) is 38.1 Å². The van der Waals surface area contributed by atoms with Gasteiger partial charge in [-0.2, -0.15) is 0 Å². The largest absolute Gasteiger partial charge is 0.491 e. The number of carbonyl (C=O) groups excluding carboxylic acids is 1. The van der Waals surface area contributed by atoms with Crippen LogP contribution in [0.4, 0.5) is 0 Å². The topological polar surface area (TPSA) is 38.3 Å². The van der Waals surface area contributed by atoms with E-state index in [4.69, 9.17) is 4.74 Å². The minimum absolute atomic E-state index is 0.146. The minimum Gasteiger partial charge on any atom is -0.491 e. The molecule has 0 aromatic heterocycles. The van der Waals surface area contributed by atoms with Gasteiger partial charge in [0.15, 0.2) is 0 Å². The predicted octanol–water partition coefficient (Wildman–Crippen LogP) is 2.08. The standard InChI is InChI=1S/C13H17NO2/c1-9(2)16-12-5-3-10(4-6-12)11-7-13(15)14-8-11/h3-6,9,11H,7-8H2,1-2H3,(H,14,15)/t11-/m0/s1. The average Bonchev–Trinajstić information content (AvgIpc) is 2.65. The zero-order valence-electron chi connectivity index (χ0n) is 9.69. The summed E-state index contributed by atoms with van der Waals surface area (Å²) in [5.74, 6) is 1.35. The van der Waals surface area contributed by atoms with Crippen LogP contribution in [-0.4, -0.2) is 18.6 Å². The molecule has 1 atom stereocenters. The number of hydrogen-bond acceptors (Lipinski definition) is 2. The quantitative estimate of drug-likeness (QED) is 0.845. The molecule has 16 heavy (non-hydrogen) atoms. The zero-order valence-corrected chi connectivity index (χ0v) is 9.69. The Morgan fingerprint density at radius 1 is 1.31 bits per heavy atom. The van der Waals surface area contributed by atoms with E-state index in [1.54, 1.807) is 0 Å². The van der Waals surface area contributed by atoms with Crippen LogP contribution in [0.3, 0.4) is 0 Å². The van der Waals surface area contributed by atoms with Gasteiger partial charge in [0.2, 0.25) is 5.91 Å². The molecule has 0 bridgehead atoms. The molecule has 0 aliphatic carbocycles. The highest BCUT2D eigenvalue weighted by Crippen LogP contribution is 2.25. The number of rotatable bonds is 3. The highest BCUT2D eigenvalue weighted by molar-refractivity contribution is 5.79. The summed E-state index contributed by atoms with van der Waals surface area (Å²) in [5, 5.41) is 2.84. The fourth-order valence-electron chi connectivity index (χ4n) is 1.93. The molecule has 3 heteroatoms. The minimum atomic E-state index is 0.146. The highest BCUT2D eigenvalue weighted by atomic mass is 16.5. The molecule has 0 saturated carbocycles. The molecule has 1 aliphatic heterocycles. The van der Waals surface area contributed by atoms with Crippen LogP contribution in [0.25, 0.3) is 0 Å². The lowest BCUT2D eigenvalue weighted by molar-refractivity contribution is -0.119. The number of benzene rings is 1. The Hall–Kier alpha value is -1.51. The SMILES string of the molecule is CC(C)Oc1ccc([C@@H]2CNC(=O)C2)cc1. The van der Waals surface area contributed by atoms with Crippen LogP contribution in [0, 0.1) is 0 Å². The summed E-state index contributed by atoms with van der Waals surface area (Å²) in [4.78, 5) is 11.1. The molecule has 86 valence electrons. The Morgan fingerprint density at radius 3 is 2.50 bits per heavy atom. The first-order valence-corrected chi connectivity index (χ1v) is 5.68. The van der Waals surface area contributed by atoms with Crippen LogP contribution in [-0.2, 0) is 4.79 Å². The third-order valence-electron chi connectivity index (χ3n) is 2.70. The zero-order chi connectivity index (χ0) is 11.5. The smallest absolute Gasteiger partial charge is 0.220 e. The van der Waals surface area contributed by atoms with Crippen molar-refractivity contribution in [1.29, 1.82) is 0 Å². The second-order valence-corrected chi connectivity index (χ2v) is 4.44. The number of amides is 1. The van der Waals surface area contributed by atoms with E-state index in [2.05, 4.69) is 5.32 Å². The van der Waals surface area contributed by atoms with Crippen molar-refractivity contribution in [3.8, 4) is 5.75 Å². The van der Waals surface area contributed by atoms with Crippen molar-refractivity contribution in [2.75, 3.05) is 6.54 Å². The highest BCUT2D eigenvalue weighted by Gasteiger charge is 2.22. The average molecular weight is 219 g/mol. The summed E-state index contributed by atoms with van der Waals surface area (Å²) < 4.78 is 5.57. The summed E-state index contributed by atoms with van der Waals surface area (Å²) in [6.07, 6.45) is 0.797. The Balaban J connectivity index is 2.04. The number of ether oxygens (including phenoxy) is 1. The lowest BCUT2D eigenvalue weighted by atomic mass is 9.98. The molecule has 1 fully saturated rings. The first-order valence-electron chi connectivity index (χ1n) is 5.68. The molecule has 1 aromatic carbocycles. The number of hydrogen-bond donors (Lipinski definition) is 1. The molecule has 1 amide bonds. The molecule has 1 heterocycles. The van der Waals surface area contributed by atoms with Crippen molar-refractivity contribution < 1.29 is 9.53 Å². The van der Waals surface area contributed by atoms with E-state index in [1.165, 1.54) is 5.56 Å². The van der Waals surface area contributed by atoms with Crippen molar-refractivity contribution in [1.82, 2.24) is 5.32 Å². The van der Waals surface area contributed by atoms with E-state index in [-0.39, 0.29) is 12.0 Å². The second-order valence-electron chi connectivity index (χ2n) is 4.44. The van der Waals surface area contributed by atoms with Gasteiger partial charge in [-0.05, 0) is 31.5 Å². The molecular formula is C13H17NO2. The van der Waals surface area contributed by atoms with Crippen molar-refractivity contribution in [3.63, 3.8) is 0 Å². The molecule has 0 radical (unpaired) electrons. The Bertz CT molecular complexity index is 370. The lowest BCUT2D eigenvalue weighted by Gasteiger charge is -2.12. The molecular weight excluding hydrogens is 202 g/mol.